The highest BCUT2D eigenvalue weighted by molar-refractivity contribution is 5.76. The Hall–Kier alpha value is -3.03. The maximum Gasteiger partial charge on any atom is 0.221 e. The van der Waals surface area contributed by atoms with E-state index in [1.165, 1.54) is 0 Å². The molecule has 1 N–H and O–H groups in total. The van der Waals surface area contributed by atoms with E-state index in [1.807, 2.05) is 24.1 Å². The normalized spacial score (nSPS) is 13.1. The lowest BCUT2D eigenvalue weighted by molar-refractivity contribution is -0.129. The first-order valence-electron chi connectivity index (χ1n) is 8.97. The van der Waals surface area contributed by atoms with Gasteiger partial charge in [0.2, 0.25) is 11.8 Å². The molecule has 2 aromatic rings. The van der Waals surface area contributed by atoms with E-state index >= 15 is 0 Å². The first kappa shape index (κ1) is 18.8. The van der Waals surface area contributed by atoms with Gasteiger partial charge in [0.05, 0.1) is 12.2 Å². The predicted octanol–water partition coefficient (Wildman–Crippen LogP) is 1.02. The Morgan fingerprint density at radius 3 is 2.67 bits per heavy atom. The Kier molecular flexibility index (Phi) is 5.63. The van der Waals surface area contributed by atoms with Crippen molar-refractivity contribution in [2.45, 2.75) is 26.3 Å². The number of hydrogen-bond acceptors (Lipinski definition) is 6. The van der Waals surface area contributed by atoms with E-state index in [9.17, 15) is 9.59 Å². The van der Waals surface area contributed by atoms with Crippen LogP contribution >= 0.6 is 0 Å². The summed E-state index contributed by atoms with van der Waals surface area (Å²) in [4.78, 5) is 40.8. The molecule has 8 nitrogen and oxygen atoms in total. The van der Waals surface area contributed by atoms with Gasteiger partial charge in [-0.3, -0.25) is 14.6 Å². The molecule has 0 fully saturated rings. The van der Waals surface area contributed by atoms with Crippen molar-refractivity contribution in [3.8, 4) is 11.4 Å². The van der Waals surface area contributed by atoms with Gasteiger partial charge in [-0.2, -0.15) is 0 Å². The third-order valence-electron chi connectivity index (χ3n) is 4.74. The SMILES string of the molecule is CNC(=O)CCN(C)c1nc(-c2ccncc2)nc2c1CCN(C(C)=O)C2. The molecule has 2 amide bonds. The topological polar surface area (TPSA) is 91.3 Å². The Morgan fingerprint density at radius 1 is 1.26 bits per heavy atom. The Bertz CT molecular complexity index is 840. The maximum atomic E-state index is 11.8. The van der Waals surface area contributed by atoms with Crippen LogP contribution in [-0.2, 0) is 22.6 Å². The summed E-state index contributed by atoms with van der Waals surface area (Å²) in [5, 5.41) is 2.64. The number of aromatic nitrogens is 3. The van der Waals surface area contributed by atoms with Crippen LogP contribution in [0.1, 0.15) is 24.6 Å². The van der Waals surface area contributed by atoms with Crippen LogP contribution in [0.2, 0.25) is 0 Å². The number of nitrogens with zero attached hydrogens (tertiary/aromatic N) is 5. The van der Waals surface area contributed by atoms with Crippen molar-refractivity contribution in [3.05, 3.63) is 35.8 Å². The zero-order valence-corrected chi connectivity index (χ0v) is 15.9. The quantitative estimate of drug-likeness (QED) is 0.847. The highest BCUT2D eigenvalue weighted by Crippen LogP contribution is 2.29. The Labute approximate surface area is 158 Å². The van der Waals surface area contributed by atoms with Gasteiger partial charge in [0.1, 0.15) is 5.82 Å². The molecule has 1 aliphatic rings. The fourth-order valence-electron chi connectivity index (χ4n) is 3.13. The molecule has 0 saturated heterocycles. The largest absolute Gasteiger partial charge is 0.359 e. The minimum atomic E-state index is -0.0121. The van der Waals surface area contributed by atoms with Gasteiger partial charge in [-0.1, -0.05) is 0 Å². The second kappa shape index (κ2) is 8.11. The van der Waals surface area contributed by atoms with Crippen LogP contribution in [-0.4, -0.2) is 58.9 Å². The third-order valence-corrected chi connectivity index (χ3v) is 4.74. The van der Waals surface area contributed by atoms with Gasteiger partial charge in [-0.25, -0.2) is 9.97 Å². The summed E-state index contributed by atoms with van der Waals surface area (Å²) in [5.41, 5.74) is 2.78. The molecule has 0 bridgehead atoms. The first-order valence-corrected chi connectivity index (χ1v) is 8.97. The van der Waals surface area contributed by atoms with Crippen LogP contribution in [0.25, 0.3) is 11.4 Å². The van der Waals surface area contributed by atoms with Gasteiger partial charge < -0.3 is 15.1 Å². The van der Waals surface area contributed by atoms with Crippen LogP contribution in [0.5, 0.6) is 0 Å². The number of carbonyl (C=O) groups is 2. The van der Waals surface area contributed by atoms with Crippen molar-refractivity contribution < 1.29 is 9.59 Å². The third kappa shape index (κ3) is 4.21. The van der Waals surface area contributed by atoms with Crippen LogP contribution in [0.4, 0.5) is 5.82 Å². The summed E-state index contributed by atoms with van der Waals surface area (Å²) in [6, 6.07) is 3.73. The highest BCUT2D eigenvalue weighted by Gasteiger charge is 2.25. The molecule has 8 heteroatoms. The molecule has 0 unspecified atom stereocenters. The van der Waals surface area contributed by atoms with E-state index in [0.29, 0.717) is 38.3 Å². The van der Waals surface area contributed by atoms with E-state index in [0.717, 1.165) is 22.6 Å². The van der Waals surface area contributed by atoms with E-state index < -0.39 is 0 Å². The Balaban J connectivity index is 1.99. The highest BCUT2D eigenvalue weighted by atomic mass is 16.2. The molecule has 3 heterocycles. The number of carbonyl (C=O) groups excluding carboxylic acids is 2. The van der Waals surface area contributed by atoms with E-state index in [-0.39, 0.29) is 11.8 Å². The molecule has 0 aromatic carbocycles. The minimum Gasteiger partial charge on any atom is -0.359 e. The van der Waals surface area contributed by atoms with Crippen molar-refractivity contribution in [2.75, 3.05) is 32.1 Å². The lowest BCUT2D eigenvalue weighted by Crippen LogP contribution is -2.36. The number of rotatable bonds is 5. The number of pyridine rings is 1. The zero-order valence-electron chi connectivity index (χ0n) is 15.9. The standard InChI is InChI=1S/C19H24N6O2/c1-13(26)25-11-6-15-16(12-25)22-18(14-4-8-21-9-5-14)23-19(15)24(3)10-7-17(27)20-2/h4-5,8-9H,6-7,10-12H2,1-3H3,(H,20,27). The Morgan fingerprint density at radius 2 is 2.00 bits per heavy atom. The summed E-state index contributed by atoms with van der Waals surface area (Å²) >= 11 is 0. The molecule has 1 aliphatic heterocycles. The average molecular weight is 368 g/mol. The molecule has 3 rings (SSSR count). The van der Waals surface area contributed by atoms with Crippen LogP contribution in [0.3, 0.4) is 0 Å². The van der Waals surface area contributed by atoms with E-state index in [2.05, 4.69) is 10.3 Å². The van der Waals surface area contributed by atoms with Crippen LogP contribution in [0, 0.1) is 0 Å². The van der Waals surface area contributed by atoms with E-state index in [1.54, 1.807) is 31.3 Å². The number of hydrogen-bond donors (Lipinski definition) is 1. The van der Waals surface area contributed by atoms with Gasteiger partial charge in [-0.05, 0) is 18.6 Å². The fourth-order valence-corrected chi connectivity index (χ4v) is 3.13. The van der Waals surface area contributed by atoms with Crippen molar-refractivity contribution in [2.24, 2.45) is 0 Å². The van der Waals surface area contributed by atoms with Crippen molar-refractivity contribution in [3.63, 3.8) is 0 Å². The van der Waals surface area contributed by atoms with Crippen molar-refractivity contribution in [1.29, 1.82) is 0 Å². The van der Waals surface area contributed by atoms with Gasteiger partial charge in [0.15, 0.2) is 5.82 Å². The number of amides is 2. The lowest BCUT2D eigenvalue weighted by Gasteiger charge is -2.31. The van der Waals surface area contributed by atoms with Crippen molar-refractivity contribution in [1.82, 2.24) is 25.2 Å². The van der Waals surface area contributed by atoms with Crippen molar-refractivity contribution >= 4 is 17.6 Å². The molecule has 142 valence electrons. The number of nitrogens with one attached hydrogen (secondary N) is 1. The molecule has 27 heavy (non-hydrogen) atoms. The molecular weight excluding hydrogens is 344 g/mol. The molecule has 0 radical (unpaired) electrons. The average Bonchev–Trinajstić information content (AvgIpc) is 2.70. The molecule has 0 aliphatic carbocycles. The summed E-state index contributed by atoms with van der Waals surface area (Å²) in [7, 11) is 3.56. The van der Waals surface area contributed by atoms with Gasteiger partial charge in [-0.15, -0.1) is 0 Å². The summed E-state index contributed by atoms with van der Waals surface area (Å²) in [5.74, 6) is 1.45. The summed E-state index contributed by atoms with van der Waals surface area (Å²) in [6.07, 6.45) is 4.49. The molecule has 2 aromatic heterocycles. The molecule has 0 spiro atoms. The van der Waals surface area contributed by atoms with Gasteiger partial charge in [0, 0.05) is 64.1 Å². The van der Waals surface area contributed by atoms with Gasteiger partial charge in [0.25, 0.3) is 0 Å². The summed E-state index contributed by atoms with van der Waals surface area (Å²) < 4.78 is 0. The molecule has 0 atom stereocenters. The van der Waals surface area contributed by atoms with E-state index in [4.69, 9.17) is 9.97 Å². The fraction of sp³-hybridized carbons (Fsp3) is 0.421. The second-order valence-electron chi connectivity index (χ2n) is 6.57. The number of anilines is 1. The molecular formula is C19H24N6O2. The minimum absolute atomic E-state index is 0.0121. The predicted molar refractivity (Wildman–Crippen MR) is 102 cm³/mol. The van der Waals surface area contributed by atoms with Crippen LogP contribution < -0.4 is 10.2 Å². The number of fused-ring (bicyclic) bond motifs is 1. The van der Waals surface area contributed by atoms with Gasteiger partial charge >= 0.3 is 0 Å². The smallest absolute Gasteiger partial charge is 0.221 e. The maximum absolute atomic E-state index is 11.8. The molecule has 0 saturated carbocycles. The second-order valence-corrected chi connectivity index (χ2v) is 6.57. The first-order chi connectivity index (χ1) is 13.0. The van der Waals surface area contributed by atoms with Crippen LogP contribution in [0.15, 0.2) is 24.5 Å². The monoisotopic (exact) mass is 368 g/mol. The summed E-state index contributed by atoms with van der Waals surface area (Å²) in [6.45, 7) is 3.25. The zero-order chi connectivity index (χ0) is 19.4. The lowest BCUT2D eigenvalue weighted by atomic mass is 10.0.